The van der Waals surface area contributed by atoms with Gasteiger partial charge in [-0.2, -0.15) is 0 Å². The van der Waals surface area contributed by atoms with E-state index in [1.165, 1.54) is 12.7 Å². The molecule has 0 saturated carbocycles. The number of imidazole rings is 1. The molecule has 0 aliphatic carbocycles. The molecule has 6 heteroatoms. The molecule has 5 nitrogen and oxygen atoms in total. The van der Waals surface area contributed by atoms with Crippen molar-refractivity contribution in [3.05, 3.63) is 54.1 Å². The Hall–Kier alpha value is -1.85. The zero-order valence-electron chi connectivity index (χ0n) is 11.2. The molecule has 0 amide bonds. The number of aromatic nitrogens is 2. The van der Waals surface area contributed by atoms with Crippen molar-refractivity contribution < 1.29 is 9.53 Å². The summed E-state index contributed by atoms with van der Waals surface area (Å²) in [6, 6.07) is 9.43. The van der Waals surface area contributed by atoms with Gasteiger partial charge in [0.25, 0.3) is 0 Å². The Morgan fingerprint density at radius 3 is 2.75 bits per heavy atom. The number of carbonyl (C=O) groups excluding carboxylic acids is 1. The van der Waals surface area contributed by atoms with E-state index in [2.05, 4.69) is 21.9 Å². The molecule has 2 aromatic rings. The molecule has 0 aliphatic rings. The standard InChI is InChI=1S/C14H17N3O2.ClH/c1-19-14(18)13(15)7-12-9-17(10-16-12)8-11-5-3-2-4-6-11;/h2-6,9-10,13H,7-8,15H2,1H3;1H. The molecule has 0 fully saturated rings. The van der Waals surface area contributed by atoms with E-state index in [9.17, 15) is 4.79 Å². The lowest BCUT2D eigenvalue weighted by Gasteiger charge is -2.06. The highest BCUT2D eigenvalue weighted by atomic mass is 35.5. The largest absolute Gasteiger partial charge is 0.468 e. The van der Waals surface area contributed by atoms with Gasteiger partial charge >= 0.3 is 5.97 Å². The predicted molar refractivity (Wildman–Crippen MR) is 78.7 cm³/mol. The molecule has 1 aromatic carbocycles. The predicted octanol–water partition coefficient (Wildman–Crippen LogP) is 1.40. The minimum atomic E-state index is -0.662. The highest BCUT2D eigenvalue weighted by molar-refractivity contribution is 5.85. The van der Waals surface area contributed by atoms with Gasteiger partial charge < -0.3 is 15.0 Å². The fraction of sp³-hybridized carbons (Fsp3) is 0.286. The summed E-state index contributed by atoms with van der Waals surface area (Å²) in [5.74, 6) is -0.419. The lowest BCUT2D eigenvalue weighted by molar-refractivity contribution is -0.142. The number of ether oxygens (including phenoxy) is 1. The lowest BCUT2D eigenvalue weighted by atomic mass is 10.2. The second kappa shape index (κ2) is 7.67. The van der Waals surface area contributed by atoms with Crippen LogP contribution in [0.5, 0.6) is 0 Å². The quantitative estimate of drug-likeness (QED) is 0.847. The van der Waals surface area contributed by atoms with Crippen LogP contribution in [0.25, 0.3) is 0 Å². The zero-order valence-corrected chi connectivity index (χ0v) is 12.0. The van der Waals surface area contributed by atoms with Crippen molar-refractivity contribution in [1.82, 2.24) is 9.55 Å². The first-order valence-electron chi connectivity index (χ1n) is 6.07. The van der Waals surface area contributed by atoms with Crippen LogP contribution in [0, 0.1) is 0 Å². The fourth-order valence-corrected chi connectivity index (χ4v) is 1.85. The van der Waals surface area contributed by atoms with Gasteiger partial charge in [0.05, 0.1) is 19.1 Å². The van der Waals surface area contributed by atoms with Gasteiger partial charge in [0.15, 0.2) is 0 Å². The maximum atomic E-state index is 11.2. The number of methoxy groups -OCH3 is 1. The number of benzene rings is 1. The second-order valence-electron chi connectivity index (χ2n) is 4.36. The van der Waals surface area contributed by atoms with Gasteiger partial charge in [-0.15, -0.1) is 12.4 Å². The van der Waals surface area contributed by atoms with E-state index < -0.39 is 12.0 Å². The van der Waals surface area contributed by atoms with Crippen molar-refractivity contribution in [1.29, 1.82) is 0 Å². The third kappa shape index (κ3) is 4.36. The van der Waals surface area contributed by atoms with Crippen LogP contribution in [0.1, 0.15) is 11.3 Å². The van der Waals surface area contributed by atoms with Crippen LogP contribution in [0.15, 0.2) is 42.9 Å². The van der Waals surface area contributed by atoms with Crippen LogP contribution in [0.4, 0.5) is 0 Å². The molecule has 1 atom stereocenters. The molecule has 0 bridgehead atoms. The Morgan fingerprint density at radius 1 is 1.40 bits per heavy atom. The number of esters is 1. The number of rotatable bonds is 5. The van der Waals surface area contributed by atoms with Gasteiger partial charge in [-0.25, -0.2) is 4.98 Å². The number of nitrogens with two attached hydrogens (primary N) is 1. The Labute approximate surface area is 124 Å². The fourth-order valence-electron chi connectivity index (χ4n) is 1.85. The van der Waals surface area contributed by atoms with E-state index in [1.807, 2.05) is 29.0 Å². The van der Waals surface area contributed by atoms with Crippen molar-refractivity contribution in [2.24, 2.45) is 5.73 Å². The average molecular weight is 296 g/mol. The monoisotopic (exact) mass is 295 g/mol. The van der Waals surface area contributed by atoms with Crippen molar-refractivity contribution in [2.75, 3.05) is 7.11 Å². The molecule has 0 spiro atoms. The molecule has 2 N–H and O–H groups in total. The molecule has 20 heavy (non-hydrogen) atoms. The summed E-state index contributed by atoms with van der Waals surface area (Å²) < 4.78 is 6.56. The molecular weight excluding hydrogens is 278 g/mol. The van der Waals surface area contributed by atoms with Crippen LogP contribution < -0.4 is 5.73 Å². The molecule has 1 heterocycles. The third-order valence-corrected chi connectivity index (χ3v) is 2.83. The molecule has 0 saturated heterocycles. The highest BCUT2D eigenvalue weighted by Crippen LogP contribution is 2.05. The third-order valence-electron chi connectivity index (χ3n) is 2.83. The SMILES string of the molecule is COC(=O)C(N)Cc1cn(Cc2ccccc2)cn1.Cl. The van der Waals surface area contributed by atoms with Gasteiger partial charge in [0, 0.05) is 19.2 Å². The van der Waals surface area contributed by atoms with Crippen LogP contribution in [0.3, 0.4) is 0 Å². The number of hydrogen-bond donors (Lipinski definition) is 1. The number of carbonyl (C=O) groups is 1. The summed E-state index contributed by atoms with van der Waals surface area (Å²) in [7, 11) is 1.33. The van der Waals surface area contributed by atoms with Gasteiger partial charge in [-0.3, -0.25) is 4.79 Å². The molecular formula is C14H18ClN3O2. The van der Waals surface area contributed by atoms with E-state index in [-0.39, 0.29) is 12.4 Å². The first kappa shape index (κ1) is 16.2. The van der Waals surface area contributed by atoms with Crippen LogP contribution in [-0.2, 0) is 22.5 Å². The van der Waals surface area contributed by atoms with Crippen molar-refractivity contribution in [3.63, 3.8) is 0 Å². The molecule has 108 valence electrons. The summed E-state index contributed by atoms with van der Waals surface area (Å²) in [5.41, 5.74) is 7.68. The summed E-state index contributed by atoms with van der Waals surface area (Å²) in [5, 5.41) is 0. The van der Waals surface area contributed by atoms with E-state index in [0.717, 1.165) is 12.2 Å². The highest BCUT2D eigenvalue weighted by Gasteiger charge is 2.15. The minimum absolute atomic E-state index is 0. The Balaban J connectivity index is 0.00000200. The van der Waals surface area contributed by atoms with E-state index in [4.69, 9.17) is 5.73 Å². The second-order valence-corrected chi connectivity index (χ2v) is 4.36. The minimum Gasteiger partial charge on any atom is -0.468 e. The van der Waals surface area contributed by atoms with Crippen molar-refractivity contribution in [3.8, 4) is 0 Å². The smallest absolute Gasteiger partial charge is 0.323 e. The van der Waals surface area contributed by atoms with E-state index >= 15 is 0 Å². The number of halogens is 1. The average Bonchev–Trinajstić information content (AvgIpc) is 2.86. The van der Waals surface area contributed by atoms with Gasteiger partial charge in [-0.05, 0) is 5.56 Å². The maximum Gasteiger partial charge on any atom is 0.323 e. The van der Waals surface area contributed by atoms with Gasteiger partial charge in [0.2, 0.25) is 0 Å². The molecule has 1 unspecified atom stereocenters. The van der Waals surface area contributed by atoms with Crippen LogP contribution in [0.2, 0.25) is 0 Å². The normalized spacial score (nSPS) is 11.5. The summed E-state index contributed by atoms with van der Waals surface area (Å²) >= 11 is 0. The van der Waals surface area contributed by atoms with Crippen molar-refractivity contribution in [2.45, 2.75) is 19.0 Å². The maximum absolute atomic E-state index is 11.2. The topological polar surface area (TPSA) is 70.1 Å². The molecule has 1 aromatic heterocycles. The summed E-state index contributed by atoms with van der Waals surface area (Å²) in [4.78, 5) is 15.5. The Kier molecular flexibility index (Phi) is 6.21. The first-order valence-corrected chi connectivity index (χ1v) is 6.07. The van der Waals surface area contributed by atoms with Gasteiger partial charge in [0.1, 0.15) is 6.04 Å². The van der Waals surface area contributed by atoms with E-state index in [1.54, 1.807) is 6.33 Å². The molecule has 2 rings (SSSR count). The van der Waals surface area contributed by atoms with Crippen molar-refractivity contribution >= 4 is 18.4 Å². The molecule has 0 radical (unpaired) electrons. The molecule has 0 aliphatic heterocycles. The number of hydrogen-bond acceptors (Lipinski definition) is 4. The van der Waals surface area contributed by atoms with Gasteiger partial charge in [-0.1, -0.05) is 30.3 Å². The Bertz CT molecular complexity index is 542. The Morgan fingerprint density at radius 2 is 2.10 bits per heavy atom. The summed E-state index contributed by atoms with van der Waals surface area (Å²) in [6.45, 7) is 0.751. The summed E-state index contributed by atoms with van der Waals surface area (Å²) in [6.07, 6.45) is 4.02. The van der Waals surface area contributed by atoms with Crippen LogP contribution in [-0.4, -0.2) is 28.7 Å². The van der Waals surface area contributed by atoms with E-state index in [0.29, 0.717) is 6.42 Å². The number of nitrogens with zero attached hydrogens (tertiary/aromatic N) is 2. The lowest BCUT2D eigenvalue weighted by Crippen LogP contribution is -2.33. The van der Waals surface area contributed by atoms with Crippen LogP contribution >= 0.6 is 12.4 Å². The zero-order chi connectivity index (χ0) is 13.7. The first-order chi connectivity index (χ1) is 9.19.